The van der Waals surface area contributed by atoms with Crippen molar-refractivity contribution in [3.63, 3.8) is 0 Å². The van der Waals surface area contributed by atoms with Gasteiger partial charge in [0, 0.05) is 13.2 Å². The Kier molecular flexibility index (Phi) is 5.16. The summed E-state index contributed by atoms with van der Waals surface area (Å²) >= 11 is 0. The molecule has 0 aromatic carbocycles. The molecule has 0 aliphatic carbocycles. The Morgan fingerprint density at radius 2 is 2.47 bits per heavy atom. The zero-order valence-electron chi connectivity index (χ0n) is 9.21. The molecule has 4 nitrogen and oxygen atoms in total. The van der Waals surface area contributed by atoms with Gasteiger partial charge in [0.1, 0.15) is 6.10 Å². The maximum absolute atomic E-state index is 11.3. The van der Waals surface area contributed by atoms with Crippen LogP contribution >= 0.6 is 0 Å². The average Bonchev–Trinajstić information content (AvgIpc) is 2.21. The molecular formula is C11H17NO3. The first kappa shape index (κ1) is 12.0. The molecule has 1 saturated heterocycles. The van der Waals surface area contributed by atoms with E-state index < -0.39 is 0 Å². The third kappa shape index (κ3) is 3.90. The molecule has 0 radical (unpaired) electrons. The molecule has 1 N–H and O–H groups in total. The van der Waals surface area contributed by atoms with E-state index >= 15 is 0 Å². The number of hydrogen-bond acceptors (Lipinski definition) is 3. The number of rotatable bonds is 3. The van der Waals surface area contributed by atoms with Crippen LogP contribution in [0.4, 0.5) is 0 Å². The number of hydrogen-bond donors (Lipinski definition) is 1. The van der Waals surface area contributed by atoms with E-state index in [0.717, 1.165) is 6.42 Å². The molecule has 0 aromatic rings. The minimum absolute atomic E-state index is 0.0204. The van der Waals surface area contributed by atoms with Crippen molar-refractivity contribution in [2.45, 2.75) is 32.4 Å². The van der Waals surface area contributed by atoms with E-state index in [1.54, 1.807) is 6.92 Å². The van der Waals surface area contributed by atoms with Crippen molar-refractivity contribution in [1.29, 1.82) is 0 Å². The van der Waals surface area contributed by atoms with E-state index in [0.29, 0.717) is 19.8 Å². The molecule has 1 fully saturated rings. The molecule has 2 unspecified atom stereocenters. The molecular weight excluding hydrogens is 194 g/mol. The van der Waals surface area contributed by atoms with Crippen LogP contribution in [0.3, 0.4) is 0 Å². The van der Waals surface area contributed by atoms with Crippen molar-refractivity contribution in [1.82, 2.24) is 5.32 Å². The summed E-state index contributed by atoms with van der Waals surface area (Å²) in [6.45, 7) is 5.40. The average molecular weight is 211 g/mol. The Balaban J connectivity index is 2.47. The first-order valence-electron chi connectivity index (χ1n) is 5.20. The van der Waals surface area contributed by atoms with Crippen LogP contribution in [0.1, 0.15) is 20.3 Å². The van der Waals surface area contributed by atoms with Gasteiger partial charge in [-0.15, -0.1) is 0 Å². The Morgan fingerprint density at radius 1 is 1.67 bits per heavy atom. The summed E-state index contributed by atoms with van der Waals surface area (Å²) < 4.78 is 10.8. The molecule has 1 aliphatic heterocycles. The third-order valence-corrected chi connectivity index (χ3v) is 2.24. The minimum Gasteiger partial charge on any atom is -0.379 e. The number of nitrogens with one attached hydrogen (secondary N) is 1. The van der Waals surface area contributed by atoms with E-state index in [9.17, 15) is 4.79 Å². The summed E-state index contributed by atoms with van der Waals surface area (Å²) in [5.74, 6) is 4.79. The fourth-order valence-electron chi connectivity index (χ4n) is 1.57. The van der Waals surface area contributed by atoms with Gasteiger partial charge in [-0.2, -0.15) is 0 Å². The number of carbonyl (C=O) groups excluding carboxylic acids is 1. The molecule has 1 heterocycles. The Bertz CT molecular complexity index is 265. The van der Waals surface area contributed by atoms with Gasteiger partial charge < -0.3 is 14.8 Å². The van der Waals surface area contributed by atoms with Gasteiger partial charge in [-0.05, 0) is 26.2 Å². The molecule has 0 bridgehead atoms. The second-order valence-electron chi connectivity index (χ2n) is 3.31. The highest BCUT2D eigenvalue weighted by Crippen LogP contribution is 2.11. The van der Waals surface area contributed by atoms with Crippen molar-refractivity contribution < 1.29 is 14.3 Å². The smallest absolute Gasteiger partial charge is 0.296 e. The first-order chi connectivity index (χ1) is 7.27. The van der Waals surface area contributed by atoms with Gasteiger partial charge >= 0.3 is 0 Å². The minimum atomic E-state index is -0.242. The summed E-state index contributed by atoms with van der Waals surface area (Å²) in [5.41, 5.74) is 0. The van der Waals surface area contributed by atoms with Gasteiger partial charge in [-0.3, -0.25) is 4.79 Å². The largest absolute Gasteiger partial charge is 0.379 e. The molecule has 15 heavy (non-hydrogen) atoms. The van der Waals surface area contributed by atoms with Gasteiger partial charge in [0.2, 0.25) is 0 Å². The molecule has 2 atom stereocenters. The van der Waals surface area contributed by atoms with Gasteiger partial charge in [-0.25, -0.2) is 0 Å². The van der Waals surface area contributed by atoms with Crippen LogP contribution in [0.25, 0.3) is 0 Å². The van der Waals surface area contributed by atoms with Gasteiger partial charge in [0.25, 0.3) is 5.91 Å². The zero-order valence-corrected chi connectivity index (χ0v) is 9.21. The molecule has 1 aliphatic rings. The molecule has 4 heteroatoms. The maximum atomic E-state index is 11.3. The second kappa shape index (κ2) is 6.44. The lowest BCUT2D eigenvalue weighted by Crippen LogP contribution is -2.49. The number of carbonyl (C=O) groups is 1. The van der Waals surface area contributed by atoms with Crippen LogP contribution in [-0.4, -0.2) is 37.9 Å². The topological polar surface area (TPSA) is 47.6 Å². The lowest BCUT2D eigenvalue weighted by molar-refractivity contribution is -0.120. The monoisotopic (exact) mass is 211 g/mol. The quantitative estimate of drug-likeness (QED) is 0.684. The fraction of sp³-hybridized carbons (Fsp3) is 0.727. The molecule has 0 saturated carbocycles. The highest BCUT2D eigenvalue weighted by atomic mass is 16.5. The van der Waals surface area contributed by atoms with Crippen LogP contribution in [0.2, 0.25) is 0 Å². The SMILES string of the molecule is CC#CC(=O)NC1CCOCC1OCC. The first-order valence-corrected chi connectivity index (χ1v) is 5.20. The highest BCUT2D eigenvalue weighted by Gasteiger charge is 2.26. The normalized spacial score (nSPS) is 25.2. The van der Waals surface area contributed by atoms with Crippen molar-refractivity contribution in [2.24, 2.45) is 0 Å². The highest BCUT2D eigenvalue weighted by molar-refractivity contribution is 5.93. The van der Waals surface area contributed by atoms with Crippen LogP contribution in [-0.2, 0) is 14.3 Å². The van der Waals surface area contributed by atoms with E-state index in [2.05, 4.69) is 17.2 Å². The van der Waals surface area contributed by atoms with Crippen LogP contribution in [0.15, 0.2) is 0 Å². The summed E-state index contributed by atoms with van der Waals surface area (Å²) in [6.07, 6.45) is 0.730. The predicted octanol–water partition coefficient (Wildman–Crippen LogP) is 0.320. The van der Waals surface area contributed by atoms with Crippen molar-refractivity contribution in [2.75, 3.05) is 19.8 Å². The van der Waals surface area contributed by atoms with Crippen LogP contribution in [0.5, 0.6) is 0 Å². The lowest BCUT2D eigenvalue weighted by Gasteiger charge is -2.31. The van der Waals surface area contributed by atoms with Crippen molar-refractivity contribution in [3.8, 4) is 11.8 Å². The Labute approximate surface area is 90.3 Å². The lowest BCUT2D eigenvalue weighted by atomic mass is 10.1. The van der Waals surface area contributed by atoms with E-state index in [1.165, 1.54) is 0 Å². The van der Waals surface area contributed by atoms with Crippen LogP contribution < -0.4 is 5.32 Å². The Morgan fingerprint density at radius 3 is 3.13 bits per heavy atom. The van der Waals surface area contributed by atoms with Crippen LogP contribution in [0, 0.1) is 11.8 Å². The summed E-state index contributed by atoms with van der Waals surface area (Å²) in [5, 5.41) is 2.84. The Hall–Kier alpha value is -1.05. The molecule has 1 amide bonds. The number of ether oxygens (including phenoxy) is 2. The molecule has 1 rings (SSSR count). The summed E-state index contributed by atoms with van der Waals surface area (Å²) in [4.78, 5) is 11.3. The molecule has 84 valence electrons. The van der Waals surface area contributed by atoms with E-state index in [-0.39, 0.29) is 18.1 Å². The standard InChI is InChI=1S/C11H17NO3/c1-3-5-11(13)12-9-6-7-14-8-10(9)15-4-2/h9-10H,4,6-8H2,1-2H3,(H,12,13). The van der Waals surface area contributed by atoms with E-state index in [4.69, 9.17) is 9.47 Å². The van der Waals surface area contributed by atoms with Gasteiger partial charge in [0.15, 0.2) is 0 Å². The van der Waals surface area contributed by atoms with Crippen molar-refractivity contribution >= 4 is 5.91 Å². The maximum Gasteiger partial charge on any atom is 0.296 e. The number of amides is 1. The van der Waals surface area contributed by atoms with E-state index in [1.807, 2.05) is 6.92 Å². The van der Waals surface area contributed by atoms with Crippen molar-refractivity contribution in [3.05, 3.63) is 0 Å². The summed E-state index contributed by atoms with van der Waals surface area (Å²) in [7, 11) is 0. The van der Waals surface area contributed by atoms with Gasteiger partial charge in [0.05, 0.1) is 12.6 Å². The second-order valence-corrected chi connectivity index (χ2v) is 3.31. The van der Waals surface area contributed by atoms with Gasteiger partial charge in [-0.1, -0.05) is 5.92 Å². The molecule has 0 spiro atoms. The predicted molar refractivity (Wildman–Crippen MR) is 56.2 cm³/mol. The third-order valence-electron chi connectivity index (χ3n) is 2.24. The fourth-order valence-corrected chi connectivity index (χ4v) is 1.57. The zero-order chi connectivity index (χ0) is 11.1. The molecule has 0 aromatic heterocycles. The summed E-state index contributed by atoms with van der Waals surface area (Å²) in [6, 6.07) is 0.0204.